The van der Waals surface area contributed by atoms with E-state index < -0.39 is 0 Å². The summed E-state index contributed by atoms with van der Waals surface area (Å²) < 4.78 is 15.8. The number of benzene rings is 3. The third-order valence-corrected chi connectivity index (χ3v) is 4.91. The van der Waals surface area contributed by atoms with E-state index in [2.05, 4.69) is 26.3 Å². The molecule has 0 saturated heterocycles. The smallest absolute Gasteiger partial charge is 0.259 e. The molecule has 1 aromatic heterocycles. The zero-order valence-corrected chi connectivity index (χ0v) is 16.2. The first-order chi connectivity index (χ1) is 13.6. The van der Waals surface area contributed by atoms with E-state index in [9.17, 15) is 9.18 Å². The van der Waals surface area contributed by atoms with Crippen LogP contribution in [0.3, 0.4) is 0 Å². The summed E-state index contributed by atoms with van der Waals surface area (Å²) in [6.07, 6.45) is 1.68. The number of halogens is 2. The summed E-state index contributed by atoms with van der Waals surface area (Å²) >= 11 is 3.43. The van der Waals surface area contributed by atoms with Crippen molar-refractivity contribution in [2.45, 2.75) is 0 Å². The Morgan fingerprint density at radius 3 is 2.32 bits per heavy atom. The van der Waals surface area contributed by atoms with Crippen molar-refractivity contribution in [3.63, 3.8) is 0 Å². The van der Waals surface area contributed by atoms with Gasteiger partial charge >= 0.3 is 0 Å². The minimum Gasteiger partial charge on any atom is -0.321 e. The largest absolute Gasteiger partial charge is 0.321 e. The quantitative estimate of drug-likeness (QED) is 0.447. The highest BCUT2D eigenvalue weighted by atomic mass is 79.9. The van der Waals surface area contributed by atoms with Crippen LogP contribution in [-0.2, 0) is 0 Å². The van der Waals surface area contributed by atoms with Crippen LogP contribution in [0.15, 0.2) is 89.5 Å². The molecule has 4 aromatic rings. The van der Waals surface area contributed by atoms with E-state index in [1.807, 2.05) is 48.5 Å². The molecule has 4 rings (SSSR count). The summed E-state index contributed by atoms with van der Waals surface area (Å²) in [6, 6.07) is 22.8. The van der Waals surface area contributed by atoms with E-state index >= 15 is 0 Å². The summed E-state index contributed by atoms with van der Waals surface area (Å²) in [7, 11) is 0. The maximum absolute atomic E-state index is 13.4. The van der Waals surface area contributed by atoms with Crippen molar-refractivity contribution in [1.82, 2.24) is 9.78 Å². The number of hydrogen-bond acceptors (Lipinski definition) is 2. The second-order valence-electron chi connectivity index (χ2n) is 6.11. The van der Waals surface area contributed by atoms with Gasteiger partial charge in [0.25, 0.3) is 5.91 Å². The lowest BCUT2D eigenvalue weighted by molar-refractivity contribution is 0.102. The fourth-order valence-electron chi connectivity index (χ4n) is 2.83. The van der Waals surface area contributed by atoms with Crippen LogP contribution < -0.4 is 5.32 Å². The van der Waals surface area contributed by atoms with Crippen LogP contribution in [-0.4, -0.2) is 15.7 Å². The van der Waals surface area contributed by atoms with Crippen molar-refractivity contribution >= 4 is 27.5 Å². The molecule has 0 atom stereocenters. The van der Waals surface area contributed by atoms with Gasteiger partial charge in [0.1, 0.15) is 11.5 Å². The SMILES string of the molecule is O=C(Nc1ccccc1Br)c1cn(-c2ccccc2)nc1-c1ccc(F)cc1. The molecule has 0 unspecified atom stereocenters. The summed E-state index contributed by atoms with van der Waals surface area (Å²) in [5.74, 6) is -0.640. The van der Waals surface area contributed by atoms with Crippen molar-refractivity contribution in [3.05, 3.63) is 101 Å². The Hall–Kier alpha value is -3.25. The number of carbonyl (C=O) groups excluding carboxylic acids is 1. The molecular weight excluding hydrogens is 421 g/mol. The highest BCUT2D eigenvalue weighted by Crippen LogP contribution is 2.27. The van der Waals surface area contributed by atoms with E-state index in [0.29, 0.717) is 22.5 Å². The first-order valence-electron chi connectivity index (χ1n) is 8.59. The van der Waals surface area contributed by atoms with Crippen molar-refractivity contribution in [2.24, 2.45) is 0 Å². The van der Waals surface area contributed by atoms with E-state index in [1.165, 1.54) is 12.1 Å². The predicted molar refractivity (Wildman–Crippen MR) is 111 cm³/mol. The lowest BCUT2D eigenvalue weighted by atomic mass is 10.1. The highest BCUT2D eigenvalue weighted by molar-refractivity contribution is 9.10. The number of hydrogen-bond donors (Lipinski definition) is 1. The van der Waals surface area contributed by atoms with E-state index in [1.54, 1.807) is 29.1 Å². The average molecular weight is 436 g/mol. The van der Waals surface area contributed by atoms with Crippen molar-refractivity contribution in [3.8, 4) is 16.9 Å². The molecule has 4 nitrogen and oxygen atoms in total. The summed E-state index contributed by atoms with van der Waals surface area (Å²) in [5.41, 5.74) is 3.02. The van der Waals surface area contributed by atoms with Crippen LogP contribution in [0.2, 0.25) is 0 Å². The number of nitrogens with one attached hydrogen (secondary N) is 1. The van der Waals surface area contributed by atoms with Gasteiger partial charge < -0.3 is 5.32 Å². The van der Waals surface area contributed by atoms with Gasteiger partial charge in [-0.05, 0) is 64.5 Å². The lowest BCUT2D eigenvalue weighted by Gasteiger charge is -2.07. The molecule has 0 fully saturated rings. The maximum Gasteiger partial charge on any atom is 0.259 e. The second-order valence-corrected chi connectivity index (χ2v) is 6.97. The first-order valence-corrected chi connectivity index (χ1v) is 9.38. The summed E-state index contributed by atoms with van der Waals surface area (Å²) in [6.45, 7) is 0. The molecule has 138 valence electrons. The Bertz CT molecular complexity index is 1120. The predicted octanol–water partition coefficient (Wildman–Crippen LogP) is 5.69. The number of aromatic nitrogens is 2. The average Bonchev–Trinajstić information content (AvgIpc) is 3.16. The summed E-state index contributed by atoms with van der Waals surface area (Å²) in [5, 5.41) is 7.49. The summed E-state index contributed by atoms with van der Waals surface area (Å²) in [4.78, 5) is 13.0. The molecule has 0 bridgehead atoms. The Morgan fingerprint density at radius 1 is 0.929 bits per heavy atom. The van der Waals surface area contributed by atoms with Crippen molar-refractivity contribution in [2.75, 3.05) is 5.32 Å². The minimum absolute atomic E-state index is 0.298. The van der Waals surface area contributed by atoms with Crippen LogP contribution in [0.5, 0.6) is 0 Å². The molecule has 1 amide bonds. The second kappa shape index (κ2) is 7.78. The van der Waals surface area contributed by atoms with Crippen LogP contribution >= 0.6 is 15.9 Å². The number of para-hydroxylation sites is 2. The molecule has 0 spiro atoms. The van der Waals surface area contributed by atoms with Crippen molar-refractivity contribution < 1.29 is 9.18 Å². The van der Waals surface area contributed by atoms with Gasteiger partial charge in [-0.1, -0.05) is 30.3 Å². The molecular formula is C22H15BrFN3O. The Labute approximate surface area is 169 Å². The number of anilines is 1. The molecule has 6 heteroatoms. The number of carbonyl (C=O) groups is 1. The molecule has 0 aliphatic rings. The van der Waals surface area contributed by atoms with Crippen LogP contribution in [0, 0.1) is 5.82 Å². The normalized spacial score (nSPS) is 10.6. The first kappa shape index (κ1) is 18.1. The molecule has 1 N–H and O–H groups in total. The lowest BCUT2D eigenvalue weighted by Crippen LogP contribution is -2.12. The van der Waals surface area contributed by atoms with Gasteiger partial charge in [-0.2, -0.15) is 5.10 Å². The molecule has 0 radical (unpaired) electrons. The molecule has 28 heavy (non-hydrogen) atoms. The van der Waals surface area contributed by atoms with Gasteiger partial charge in [-0.25, -0.2) is 9.07 Å². The van der Waals surface area contributed by atoms with Crippen LogP contribution in [0.1, 0.15) is 10.4 Å². The molecule has 0 saturated carbocycles. The van der Waals surface area contributed by atoms with E-state index in [0.717, 1.165) is 10.2 Å². The number of amides is 1. The topological polar surface area (TPSA) is 46.9 Å². The molecule has 0 aliphatic heterocycles. The zero-order valence-electron chi connectivity index (χ0n) is 14.6. The molecule has 1 heterocycles. The number of rotatable bonds is 4. The van der Waals surface area contributed by atoms with Crippen molar-refractivity contribution in [1.29, 1.82) is 0 Å². The van der Waals surface area contributed by atoms with Gasteiger partial charge in [0.15, 0.2) is 0 Å². The fourth-order valence-corrected chi connectivity index (χ4v) is 3.21. The monoisotopic (exact) mass is 435 g/mol. The van der Waals surface area contributed by atoms with E-state index in [-0.39, 0.29) is 11.7 Å². The van der Waals surface area contributed by atoms with E-state index in [4.69, 9.17) is 0 Å². The third kappa shape index (κ3) is 3.73. The number of nitrogens with zero attached hydrogens (tertiary/aromatic N) is 2. The highest BCUT2D eigenvalue weighted by Gasteiger charge is 2.19. The maximum atomic E-state index is 13.4. The Balaban J connectivity index is 1.78. The van der Waals surface area contributed by atoms with Gasteiger partial charge in [-0.15, -0.1) is 0 Å². The third-order valence-electron chi connectivity index (χ3n) is 4.22. The Morgan fingerprint density at radius 2 is 1.61 bits per heavy atom. The standard InChI is InChI=1S/C22H15BrFN3O/c23-19-8-4-5-9-20(19)25-22(28)18-14-27(17-6-2-1-3-7-17)26-21(18)15-10-12-16(24)13-11-15/h1-14H,(H,25,28). The van der Waals surface area contributed by atoms with Gasteiger partial charge in [0.05, 0.1) is 16.9 Å². The van der Waals surface area contributed by atoms with Crippen LogP contribution in [0.25, 0.3) is 16.9 Å². The van der Waals surface area contributed by atoms with Gasteiger partial charge in [0.2, 0.25) is 0 Å². The molecule has 0 aliphatic carbocycles. The van der Waals surface area contributed by atoms with Gasteiger partial charge in [-0.3, -0.25) is 4.79 Å². The fraction of sp³-hybridized carbons (Fsp3) is 0. The zero-order chi connectivity index (χ0) is 19.5. The Kier molecular flexibility index (Phi) is 5.04. The van der Waals surface area contributed by atoms with Crippen LogP contribution in [0.4, 0.5) is 10.1 Å². The molecule has 3 aromatic carbocycles. The van der Waals surface area contributed by atoms with Gasteiger partial charge in [0, 0.05) is 16.2 Å². The minimum atomic E-state index is -0.342.